The molecule has 4 rings (SSSR count). The van der Waals surface area contributed by atoms with Crippen molar-refractivity contribution in [1.29, 1.82) is 0 Å². The molecule has 1 atom stereocenters. The Bertz CT molecular complexity index is 1120. The highest BCUT2D eigenvalue weighted by Crippen LogP contribution is 2.29. The van der Waals surface area contributed by atoms with Gasteiger partial charge in [0.15, 0.2) is 0 Å². The summed E-state index contributed by atoms with van der Waals surface area (Å²) >= 11 is 0. The van der Waals surface area contributed by atoms with Gasteiger partial charge in [0.05, 0.1) is 10.6 Å². The second kappa shape index (κ2) is 9.66. The number of nitrogens with zero attached hydrogens (tertiary/aromatic N) is 3. The number of sulfonamides is 1. The van der Waals surface area contributed by atoms with Crippen LogP contribution in [0.5, 0.6) is 0 Å². The van der Waals surface area contributed by atoms with Crippen molar-refractivity contribution < 1.29 is 17.6 Å². The Hall–Kier alpha value is -2.45. The van der Waals surface area contributed by atoms with E-state index in [1.165, 1.54) is 10.4 Å². The van der Waals surface area contributed by atoms with Gasteiger partial charge in [0.25, 0.3) is 0 Å². The summed E-state index contributed by atoms with van der Waals surface area (Å²) in [4.78, 5) is 17.4. The molecule has 2 aliphatic heterocycles. The van der Waals surface area contributed by atoms with E-state index < -0.39 is 16.1 Å². The van der Waals surface area contributed by atoms with Gasteiger partial charge < -0.3 is 9.80 Å². The smallest absolute Gasteiger partial charge is 0.243 e. The molecule has 0 unspecified atom stereocenters. The third-order valence-corrected chi connectivity index (χ3v) is 8.77. The molecule has 0 radical (unpaired) electrons. The predicted molar refractivity (Wildman–Crippen MR) is 132 cm³/mol. The molecule has 34 heavy (non-hydrogen) atoms. The summed E-state index contributed by atoms with van der Waals surface area (Å²) in [5, 5.41) is 0. The van der Waals surface area contributed by atoms with Crippen LogP contribution in [0.3, 0.4) is 0 Å². The van der Waals surface area contributed by atoms with Crippen LogP contribution >= 0.6 is 0 Å². The fraction of sp³-hybridized carbons (Fsp3) is 0.500. The van der Waals surface area contributed by atoms with Crippen LogP contribution in [0.1, 0.15) is 45.6 Å². The van der Waals surface area contributed by atoms with E-state index in [0.717, 1.165) is 18.4 Å². The van der Waals surface area contributed by atoms with Gasteiger partial charge in [0.1, 0.15) is 11.9 Å². The summed E-state index contributed by atoms with van der Waals surface area (Å²) in [5.41, 5.74) is 1.53. The monoisotopic (exact) mass is 487 g/mol. The molecule has 2 heterocycles. The Balaban J connectivity index is 1.48. The van der Waals surface area contributed by atoms with Crippen molar-refractivity contribution in [2.24, 2.45) is 0 Å². The molecule has 2 aromatic rings. The first-order valence-corrected chi connectivity index (χ1v) is 13.4. The molecule has 0 bridgehead atoms. The van der Waals surface area contributed by atoms with Crippen LogP contribution in [0.25, 0.3) is 0 Å². The highest BCUT2D eigenvalue weighted by atomic mass is 32.2. The molecule has 2 saturated heterocycles. The van der Waals surface area contributed by atoms with Gasteiger partial charge in [0.2, 0.25) is 15.9 Å². The zero-order chi connectivity index (χ0) is 24.5. The Morgan fingerprint density at radius 3 is 2.18 bits per heavy atom. The number of carbonyl (C=O) groups is 1. The van der Waals surface area contributed by atoms with Gasteiger partial charge in [-0.1, -0.05) is 51.5 Å². The molecule has 0 spiro atoms. The van der Waals surface area contributed by atoms with E-state index in [1.54, 1.807) is 35.2 Å². The molecule has 0 aliphatic carbocycles. The number of hydrogen-bond acceptors (Lipinski definition) is 4. The standard InChI is InChI=1S/C26H34FN3O3S/c1-26(2,3)20-11-13-21(14-12-20)34(32,33)30-15-7-6-10-24(30)25(31)29-18-16-28(17-19-29)23-9-5-4-8-22(23)27/h4-5,8-9,11-14,24H,6-7,10,15-19H2,1-3H3/t24-/m0/s1. The highest BCUT2D eigenvalue weighted by Gasteiger charge is 2.40. The maximum atomic E-state index is 14.2. The van der Waals surface area contributed by atoms with E-state index in [2.05, 4.69) is 20.8 Å². The van der Waals surface area contributed by atoms with Crippen LogP contribution in [0, 0.1) is 5.82 Å². The number of hydrogen-bond donors (Lipinski definition) is 0. The zero-order valence-corrected chi connectivity index (χ0v) is 21.0. The van der Waals surface area contributed by atoms with Crippen molar-refractivity contribution in [2.45, 2.75) is 56.4 Å². The average Bonchev–Trinajstić information content (AvgIpc) is 2.83. The number of piperidine rings is 1. The van der Waals surface area contributed by atoms with Gasteiger partial charge in [0, 0.05) is 32.7 Å². The lowest BCUT2D eigenvalue weighted by atomic mass is 9.87. The highest BCUT2D eigenvalue weighted by molar-refractivity contribution is 7.89. The zero-order valence-electron chi connectivity index (χ0n) is 20.2. The topological polar surface area (TPSA) is 60.9 Å². The molecule has 6 nitrogen and oxygen atoms in total. The lowest BCUT2D eigenvalue weighted by Crippen LogP contribution is -2.57. The third-order valence-electron chi connectivity index (χ3n) is 6.85. The number of carbonyl (C=O) groups excluding carboxylic acids is 1. The number of piperazine rings is 1. The van der Waals surface area contributed by atoms with Gasteiger partial charge in [-0.3, -0.25) is 4.79 Å². The van der Waals surface area contributed by atoms with Crippen molar-refractivity contribution in [3.05, 3.63) is 59.9 Å². The molecule has 0 aromatic heterocycles. The molecule has 1 amide bonds. The van der Waals surface area contributed by atoms with E-state index >= 15 is 0 Å². The predicted octanol–water partition coefficient (Wildman–Crippen LogP) is 4.02. The van der Waals surface area contributed by atoms with Gasteiger partial charge >= 0.3 is 0 Å². The van der Waals surface area contributed by atoms with E-state index in [1.807, 2.05) is 17.0 Å². The Labute approximate surface area is 202 Å². The lowest BCUT2D eigenvalue weighted by molar-refractivity contribution is -0.136. The fourth-order valence-corrected chi connectivity index (χ4v) is 6.44. The van der Waals surface area contributed by atoms with Crippen LogP contribution in [0.15, 0.2) is 53.4 Å². The second-order valence-electron chi connectivity index (χ2n) is 10.2. The molecular formula is C26H34FN3O3S. The molecular weight excluding hydrogens is 453 g/mol. The van der Waals surface area contributed by atoms with Crippen molar-refractivity contribution in [3.8, 4) is 0 Å². The van der Waals surface area contributed by atoms with Gasteiger partial charge in [-0.2, -0.15) is 4.31 Å². The SMILES string of the molecule is CC(C)(C)c1ccc(S(=O)(=O)N2CCCC[C@H]2C(=O)N2CCN(c3ccccc3F)CC2)cc1. The molecule has 0 N–H and O–H groups in total. The van der Waals surface area contributed by atoms with E-state index in [0.29, 0.717) is 44.8 Å². The first kappa shape index (κ1) is 24.7. The summed E-state index contributed by atoms with van der Waals surface area (Å²) in [7, 11) is -3.79. The van der Waals surface area contributed by atoms with Crippen LogP contribution in [-0.4, -0.2) is 62.3 Å². The summed E-state index contributed by atoms with van der Waals surface area (Å²) in [5.74, 6) is -0.424. The normalized spacial score (nSPS) is 20.4. The minimum atomic E-state index is -3.79. The Kier molecular flexibility index (Phi) is 7.01. The number of halogens is 1. The lowest BCUT2D eigenvalue weighted by Gasteiger charge is -2.41. The molecule has 8 heteroatoms. The van der Waals surface area contributed by atoms with Gasteiger partial charge in [-0.15, -0.1) is 0 Å². The second-order valence-corrected chi connectivity index (χ2v) is 12.1. The van der Waals surface area contributed by atoms with Crippen molar-refractivity contribution >= 4 is 21.6 Å². The summed E-state index contributed by atoms with van der Waals surface area (Å²) in [6, 6.07) is 13.0. The molecule has 2 aliphatic rings. The van der Waals surface area contributed by atoms with Crippen LogP contribution in [0.4, 0.5) is 10.1 Å². The number of amides is 1. The molecule has 2 aromatic carbocycles. The third kappa shape index (κ3) is 4.98. The van der Waals surface area contributed by atoms with E-state index in [-0.39, 0.29) is 22.0 Å². The molecule has 0 saturated carbocycles. The van der Waals surface area contributed by atoms with Crippen molar-refractivity contribution in [1.82, 2.24) is 9.21 Å². The maximum absolute atomic E-state index is 14.2. The molecule has 184 valence electrons. The Morgan fingerprint density at radius 1 is 0.912 bits per heavy atom. The number of anilines is 1. The summed E-state index contributed by atoms with van der Waals surface area (Å²) < 4.78 is 42.6. The quantitative estimate of drug-likeness (QED) is 0.654. The van der Waals surface area contributed by atoms with E-state index in [4.69, 9.17) is 0 Å². The fourth-order valence-electron chi connectivity index (χ4n) is 4.79. The minimum absolute atomic E-state index is 0.0727. The maximum Gasteiger partial charge on any atom is 0.243 e. The largest absolute Gasteiger partial charge is 0.366 e. The van der Waals surface area contributed by atoms with Crippen LogP contribution < -0.4 is 4.90 Å². The number of para-hydroxylation sites is 1. The molecule has 2 fully saturated rings. The minimum Gasteiger partial charge on any atom is -0.366 e. The first-order chi connectivity index (χ1) is 16.1. The van der Waals surface area contributed by atoms with E-state index in [9.17, 15) is 17.6 Å². The van der Waals surface area contributed by atoms with Crippen molar-refractivity contribution in [2.75, 3.05) is 37.6 Å². The van der Waals surface area contributed by atoms with Crippen LogP contribution in [0.2, 0.25) is 0 Å². The van der Waals surface area contributed by atoms with Gasteiger partial charge in [-0.05, 0) is 48.1 Å². The number of benzene rings is 2. The summed E-state index contributed by atoms with van der Waals surface area (Å²) in [6.07, 6.45) is 2.08. The van der Waals surface area contributed by atoms with Crippen LogP contribution in [-0.2, 0) is 20.2 Å². The number of rotatable bonds is 4. The Morgan fingerprint density at radius 2 is 1.56 bits per heavy atom. The summed E-state index contributed by atoms with van der Waals surface area (Å²) in [6.45, 7) is 8.51. The van der Waals surface area contributed by atoms with Gasteiger partial charge in [-0.25, -0.2) is 12.8 Å². The van der Waals surface area contributed by atoms with Crippen molar-refractivity contribution in [3.63, 3.8) is 0 Å². The average molecular weight is 488 g/mol. The first-order valence-electron chi connectivity index (χ1n) is 12.0.